The first-order chi connectivity index (χ1) is 5.78. The molecule has 77 valence electrons. The van der Waals surface area contributed by atoms with E-state index >= 15 is 0 Å². The molecule has 0 fully saturated rings. The third kappa shape index (κ3) is 5.07. The van der Waals surface area contributed by atoms with Crippen molar-refractivity contribution in [1.29, 1.82) is 0 Å². The van der Waals surface area contributed by atoms with Gasteiger partial charge >= 0.3 is 17.9 Å². The second-order valence-electron chi connectivity index (χ2n) is 2.48. The Kier molecular flexibility index (Phi) is 6.58. The van der Waals surface area contributed by atoms with Crippen molar-refractivity contribution in [2.24, 2.45) is 0 Å². The molecule has 0 atom stereocenters. The monoisotopic (exact) mass is 237 g/mol. The number of hydrogen-bond acceptors (Lipinski definition) is 4. The van der Waals surface area contributed by atoms with Gasteiger partial charge in [-0.1, -0.05) is 0 Å². The average molecular weight is 237 g/mol. The van der Waals surface area contributed by atoms with E-state index in [1.807, 2.05) is 0 Å². The largest absolute Gasteiger partial charge is 0.481 e. The van der Waals surface area contributed by atoms with Gasteiger partial charge < -0.3 is 20.4 Å². The molecule has 0 saturated carbocycles. The van der Waals surface area contributed by atoms with Crippen molar-refractivity contribution in [3.8, 4) is 0 Å². The summed E-state index contributed by atoms with van der Waals surface area (Å²) >= 11 is 0. The van der Waals surface area contributed by atoms with Crippen LogP contribution in [0.3, 0.4) is 0 Å². The molecule has 1 radical (unpaired) electrons. The predicted molar refractivity (Wildman–Crippen MR) is 37.1 cm³/mol. The number of carbonyl (C=O) groups is 3. The summed E-state index contributed by atoms with van der Waals surface area (Å²) in [6.07, 6.45) is -2.29. The Morgan fingerprint density at radius 3 is 1.36 bits per heavy atom. The van der Waals surface area contributed by atoms with Crippen molar-refractivity contribution < 1.29 is 60.7 Å². The van der Waals surface area contributed by atoms with Crippen LogP contribution in [-0.2, 0) is 40.2 Å². The van der Waals surface area contributed by atoms with Crippen molar-refractivity contribution in [3.63, 3.8) is 0 Å². The Bertz CT molecular complexity index is 233. The first kappa shape index (κ1) is 15.7. The van der Waals surface area contributed by atoms with E-state index < -0.39 is 36.4 Å². The number of carboxylic acid groups (broad SMARTS) is 3. The van der Waals surface area contributed by atoms with E-state index in [1.54, 1.807) is 0 Å². The van der Waals surface area contributed by atoms with Gasteiger partial charge in [0.1, 0.15) is 0 Å². The average Bonchev–Trinajstić information content (AvgIpc) is 1.82. The van der Waals surface area contributed by atoms with Crippen LogP contribution < -0.4 is 0 Å². The molecule has 0 heterocycles. The van der Waals surface area contributed by atoms with Gasteiger partial charge in [-0.3, -0.25) is 9.59 Å². The molecule has 0 aliphatic carbocycles. The van der Waals surface area contributed by atoms with Gasteiger partial charge in [-0.25, -0.2) is 4.79 Å². The number of aliphatic hydroxyl groups is 1. The zero-order chi connectivity index (χ0) is 10.6. The normalized spacial score (nSPS) is 10.1. The fraction of sp³-hybridized carbons (Fsp3) is 0.500. The van der Waals surface area contributed by atoms with Crippen LogP contribution >= 0.6 is 0 Å². The van der Waals surface area contributed by atoms with Gasteiger partial charge in [0.15, 0.2) is 5.60 Å². The van der Waals surface area contributed by atoms with Crippen LogP contribution in [0.1, 0.15) is 12.8 Å². The van der Waals surface area contributed by atoms with Gasteiger partial charge in [-0.2, -0.15) is 0 Å². The van der Waals surface area contributed by atoms with Gasteiger partial charge in [0, 0.05) is 25.8 Å². The van der Waals surface area contributed by atoms with Gasteiger partial charge in [0.25, 0.3) is 0 Å². The zero-order valence-electron chi connectivity index (χ0n) is 7.01. The fourth-order valence-corrected chi connectivity index (χ4v) is 0.714. The molecule has 0 spiro atoms. The molecular formula is C6H8O7Sc. The molecular weight excluding hydrogens is 229 g/mol. The van der Waals surface area contributed by atoms with Crippen LogP contribution in [0.4, 0.5) is 0 Å². The van der Waals surface area contributed by atoms with Crippen LogP contribution in [0.2, 0.25) is 0 Å². The minimum absolute atomic E-state index is 0. The molecule has 0 unspecified atom stereocenters. The zero-order valence-corrected chi connectivity index (χ0v) is 8.81. The van der Waals surface area contributed by atoms with Crippen LogP contribution in [0.15, 0.2) is 0 Å². The van der Waals surface area contributed by atoms with Gasteiger partial charge in [-0.15, -0.1) is 0 Å². The van der Waals surface area contributed by atoms with E-state index in [0.717, 1.165) is 0 Å². The molecule has 8 heteroatoms. The summed E-state index contributed by atoms with van der Waals surface area (Å²) in [6, 6.07) is 0. The third-order valence-electron chi connectivity index (χ3n) is 1.29. The predicted octanol–water partition coefficient (Wildman–Crippen LogP) is -1.25. The Labute approximate surface area is 97.1 Å². The van der Waals surface area contributed by atoms with Crippen LogP contribution in [0.5, 0.6) is 0 Å². The molecule has 0 rings (SSSR count). The molecule has 7 nitrogen and oxygen atoms in total. The minimum Gasteiger partial charge on any atom is -0.481 e. The van der Waals surface area contributed by atoms with E-state index in [0.29, 0.717) is 0 Å². The van der Waals surface area contributed by atoms with Crippen molar-refractivity contribution in [3.05, 3.63) is 0 Å². The molecule has 0 saturated heterocycles. The molecule has 14 heavy (non-hydrogen) atoms. The van der Waals surface area contributed by atoms with Crippen LogP contribution in [0, 0.1) is 0 Å². The van der Waals surface area contributed by atoms with Gasteiger partial charge in [-0.05, 0) is 0 Å². The van der Waals surface area contributed by atoms with Crippen molar-refractivity contribution >= 4 is 17.9 Å². The first-order valence-electron chi connectivity index (χ1n) is 3.17. The van der Waals surface area contributed by atoms with E-state index in [-0.39, 0.29) is 25.8 Å². The Morgan fingerprint density at radius 2 is 1.21 bits per heavy atom. The summed E-state index contributed by atoms with van der Waals surface area (Å²) < 4.78 is 0. The number of hydrogen-bond donors (Lipinski definition) is 4. The molecule has 0 aliphatic heterocycles. The topological polar surface area (TPSA) is 132 Å². The van der Waals surface area contributed by atoms with E-state index in [4.69, 9.17) is 20.4 Å². The number of rotatable bonds is 5. The second-order valence-corrected chi connectivity index (χ2v) is 2.48. The molecule has 0 aromatic rings. The first-order valence-corrected chi connectivity index (χ1v) is 3.17. The molecule has 0 amide bonds. The van der Waals surface area contributed by atoms with Gasteiger partial charge in [0.05, 0.1) is 12.8 Å². The van der Waals surface area contributed by atoms with Crippen LogP contribution in [-0.4, -0.2) is 43.9 Å². The maximum atomic E-state index is 10.3. The third-order valence-corrected chi connectivity index (χ3v) is 1.29. The Hall–Kier alpha value is -0.760. The quantitative estimate of drug-likeness (QED) is 0.469. The van der Waals surface area contributed by atoms with Gasteiger partial charge in [0.2, 0.25) is 0 Å². The summed E-state index contributed by atoms with van der Waals surface area (Å²) in [6.45, 7) is 0. The van der Waals surface area contributed by atoms with Crippen molar-refractivity contribution in [1.82, 2.24) is 0 Å². The molecule has 0 aromatic heterocycles. The van der Waals surface area contributed by atoms with E-state index in [9.17, 15) is 14.4 Å². The Morgan fingerprint density at radius 1 is 0.929 bits per heavy atom. The molecule has 0 bridgehead atoms. The molecule has 4 N–H and O–H groups in total. The summed E-state index contributed by atoms with van der Waals surface area (Å²) in [7, 11) is 0. The van der Waals surface area contributed by atoms with E-state index in [2.05, 4.69) is 0 Å². The second kappa shape index (κ2) is 5.86. The summed E-state index contributed by atoms with van der Waals surface area (Å²) in [5.41, 5.74) is -2.74. The molecule has 0 aromatic carbocycles. The Balaban J connectivity index is 0. The summed E-state index contributed by atoms with van der Waals surface area (Å²) in [4.78, 5) is 30.5. The minimum atomic E-state index is -2.74. The van der Waals surface area contributed by atoms with Crippen molar-refractivity contribution in [2.45, 2.75) is 18.4 Å². The van der Waals surface area contributed by atoms with Crippen molar-refractivity contribution in [2.75, 3.05) is 0 Å². The fourth-order valence-electron chi connectivity index (χ4n) is 0.714. The summed E-state index contributed by atoms with van der Waals surface area (Å²) in [5, 5.41) is 33.8. The smallest absolute Gasteiger partial charge is 0.336 e. The maximum absolute atomic E-state index is 10.3. The molecule has 0 aliphatic rings. The van der Waals surface area contributed by atoms with Crippen LogP contribution in [0.25, 0.3) is 0 Å². The van der Waals surface area contributed by atoms with E-state index in [1.165, 1.54) is 0 Å². The summed E-state index contributed by atoms with van der Waals surface area (Å²) in [5.74, 6) is -5.02. The number of carboxylic acids is 3. The SMILES string of the molecule is O=C(O)CC(O)(CC(=O)O)C(=O)O.[Sc]. The maximum Gasteiger partial charge on any atom is 0.336 e. The standard InChI is InChI=1S/C6H8O7.Sc/c7-3(8)1-6(13,5(11)12)2-4(9)10;/h13H,1-2H2,(H,7,8)(H,9,10)(H,11,12);. The number of aliphatic carboxylic acids is 3.